The van der Waals surface area contributed by atoms with Crippen molar-refractivity contribution in [1.82, 2.24) is 19.9 Å². The van der Waals surface area contributed by atoms with Gasteiger partial charge in [-0.25, -0.2) is 9.97 Å². The monoisotopic (exact) mass is 615 g/mol. The molecule has 3 aromatic heterocycles. The third-order valence-electron chi connectivity index (χ3n) is 8.22. The van der Waals surface area contributed by atoms with Gasteiger partial charge in [0.2, 0.25) is 0 Å². The Bertz CT molecular complexity index is 1930. The summed E-state index contributed by atoms with van der Waals surface area (Å²) < 4.78 is 0. The molecular formula is C34H36FN4O6-. The van der Waals surface area contributed by atoms with Crippen LogP contribution < -0.4 is 4.70 Å². The first-order chi connectivity index (χ1) is 21.0. The highest BCUT2D eigenvalue weighted by molar-refractivity contribution is 5.97. The van der Waals surface area contributed by atoms with Crippen LogP contribution >= 0.6 is 0 Å². The van der Waals surface area contributed by atoms with Crippen LogP contribution in [0.2, 0.25) is 0 Å². The van der Waals surface area contributed by atoms with E-state index in [0.29, 0.717) is 24.2 Å². The van der Waals surface area contributed by atoms with E-state index >= 15 is 0 Å². The highest BCUT2D eigenvalue weighted by atomic mass is 19.0. The van der Waals surface area contributed by atoms with E-state index in [4.69, 9.17) is 20.5 Å². The molecule has 0 saturated heterocycles. The zero-order chi connectivity index (χ0) is 32.3. The van der Waals surface area contributed by atoms with Crippen molar-refractivity contribution in [2.45, 2.75) is 53.4 Å². The number of aliphatic carboxylic acids is 2. The molecule has 0 amide bonds. The molecule has 0 aromatic carbocycles. The number of aromatic nitrogens is 4. The molecule has 0 fully saturated rings. The zero-order valence-electron chi connectivity index (χ0n) is 25.6. The van der Waals surface area contributed by atoms with Gasteiger partial charge in [0.1, 0.15) is 0 Å². The van der Waals surface area contributed by atoms with Gasteiger partial charge in [-0.1, -0.05) is 25.3 Å². The van der Waals surface area contributed by atoms with Gasteiger partial charge in [-0.3, -0.25) is 20.1 Å². The van der Waals surface area contributed by atoms with E-state index in [-0.39, 0.29) is 17.5 Å². The molecule has 3 aromatic rings. The van der Waals surface area contributed by atoms with Crippen molar-refractivity contribution in [2.24, 2.45) is 0 Å². The third kappa shape index (κ3) is 6.69. The van der Waals surface area contributed by atoms with Crippen LogP contribution in [0.3, 0.4) is 0 Å². The van der Waals surface area contributed by atoms with Gasteiger partial charge in [-0.2, -0.15) is 0 Å². The maximum Gasteiger partial charge on any atom is 0.303 e. The SMILES string of the molecule is C=Cc1c(C)c2cc3[nH]c(cc4nc(cc5nc(cc1[nH]2)C(C)=C5CCC(=O)O)C(CCC(=O)O)=C4C)c(C)c3C=C.OO.[F-]. The number of nitrogens with zero attached hydrogens (tertiary/aromatic N) is 2. The summed E-state index contributed by atoms with van der Waals surface area (Å²) in [5.74, 6) is -1.78. The number of rotatable bonds is 8. The van der Waals surface area contributed by atoms with E-state index < -0.39 is 11.9 Å². The van der Waals surface area contributed by atoms with Gasteiger partial charge in [0, 0.05) is 46.0 Å². The minimum Gasteiger partial charge on any atom is -1.00 e. The van der Waals surface area contributed by atoms with Crippen LogP contribution in [0.5, 0.6) is 0 Å². The Hall–Kier alpha value is -5.13. The maximum atomic E-state index is 11.5. The van der Waals surface area contributed by atoms with Gasteiger partial charge in [0.15, 0.2) is 0 Å². The Balaban J connectivity index is 0.00000180. The smallest absolute Gasteiger partial charge is 0.303 e. The van der Waals surface area contributed by atoms with Crippen LogP contribution in [0.4, 0.5) is 0 Å². The Morgan fingerprint density at radius 3 is 1.44 bits per heavy atom. The molecule has 0 saturated carbocycles. The van der Waals surface area contributed by atoms with Crippen LogP contribution in [0, 0.1) is 13.8 Å². The zero-order valence-corrected chi connectivity index (χ0v) is 25.6. The van der Waals surface area contributed by atoms with Crippen molar-refractivity contribution in [3.8, 4) is 0 Å². The molecule has 0 unspecified atom stereocenters. The molecule has 2 aliphatic heterocycles. The molecule has 0 radical (unpaired) electrons. The van der Waals surface area contributed by atoms with Crippen LogP contribution in [0.1, 0.15) is 84.6 Å². The molecule has 236 valence electrons. The summed E-state index contributed by atoms with van der Waals surface area (Å²) in [6, 6.07) is 7.88. The Morgan fingerprint density at radius 2 is 1.04 bits per heavy atom. The van der Waals surface area contributed by atoms with Gasteiger partial charge in [0.25, 0.3) is 0 Å². The minimum absolute atomic E-state index is 0. The largest absolute Gasteiger partial charge is 1.00 e. The number of carboxylic acids is 2. The van der Waals surface area contributed by atoms with Crippen molar-refractivity contribution in [3.05, 3.63) is 82.5 Å². The summed E-state index contributed by atoms with van der Waals surface area (Å²) >= 11 is 0. The first kappa shape index (κ1) is 34.4. The third-order valence-corrected chi connectivity index (χ3v) is 8.22. The lowest BCUT2D eigenvalue weighted by atomic mass is 9.98. The van der Waals surface area contributed by atoms with Crippen LogP contribution in [0.15, 0.2) is 37.4 Å². The summed E-state index contributed by atoms with van der Waals surface area (Å²) in [4.78, 5) is 40.0. The first-order valence-electron chi connectivity index (χ1n) is 14.1. The summed E-state index contributed by atoms with van der Waals surface area (Å²) in [5, 5.41) is 30.9. The fourth-order valence-electron chi connectivity index (χ4n) is 5.77. The number of allylic oxidation sites excluding steroid dienone is 4. The van der Waals surface area contributed by atoms with Gasteiger partial charge in [-0.05, 0) is 98.2 Å². The molecular weight excluding hydrogens is 579 g/mol. The average molecular weight is 616 g/mol. The van der Waals surface area contributed by atoms with Crippen molar-refractivity contribution in [3.63, 3.8) is 0 Å². The first-order valence-corrected chi connectivity index (χ1v) is 14.1. The van der Waals surface area contributed by atoms with E-state index in [0.717, 1.165) is 78.0 Å². The van der Waals surface area contributed by atoms with E-state index in [9.17, 15) is 19.8 Å². The van der Waals surface area contributed by atoms with Crippen molar-refractivity contribution in [1.29, 1.82) is 0 Å². The average Bonchev–Trinajstić information content (AvgIpc) is 3.64. The van der Waals surface area contributed by atoms with E-state index in [2.05, 4.69) is 29.2 Å². The Morgan fingerprint density at radius 1 is 0.667 bits per heavy atom. The lowest BCUT2D eigenvalue weighted by Crippen LogP contribution is -3.00. The predicted molar refractivity (Wildman–Crippen MR) is 175 cm³/mol. The van der Waals surface area contributed by atoms with Gasteiger partial charge in [-0.15, -0.1) is 0 Å². The lowest BCUT2D eigenvalue weighted by molar-refractivity contribution is -0.176. The normalized spacial score (nSPS) is 12.3. The highest BCUT2D eigenvalue weighted by Crippen LogP contribution is 2.38. The second-order valence-corrected chi connectivity index (χ2v) is 10.7. The summed E-state index contributed by atoms with van der Waals surface area (Å²) in [6.07, 6.45) is 4.20. The quantitative estimate of drug-likeness (QED) is 0.154. The van der Waals surface area contributed by atoms with E-state index in [1.165, 1.54) is 0 Å². The predicted octanol–water partition coefficient (Wildman–Crippen LogP) is 4.83. The molecule has 0 spiro atoms. The number of aromatic amines is 2. The Kier molecular flexibility index (Phi) is 10.8. The molecule has 5 heterocycles. The molecule has 5 rings (SSSR count). The molecule has 45 heavy (non-hydrogen) atoms. The molecule has 11 heteroatoms. The lowest BCUT2D eigenvalue weighted by Gasteiger charge is -2.05. The fourth-order valence-corrected chi connectivity index (χ4v) is 5.77. The second kappa shape index (κ2) is 14.1. The van der Waals surface area contributed by atoms with Crippen LogP contribution in [-0.4, -0.2) is 52.6 Å². The number of hydrogen-bond donors (Lipinski definition) is 6. The molecule has 0 aliphatic carbocycles. The summed E-state index contributed by atoms with van der Waals surface area (Å²) in [7, 11) is 0. The number of halogens is 1. The fraction of sp³-hybridized carbons (Fsp3) is 0.235. The number of fused-ring (bicyclic) bond motifs is 8. The number of nitrogens with one attached hydrogen (secondary N) is 2. The van der Waals surface area contributed by atoms with Crippen molar-refractivity contribution in [2.75, 3.05) is 0 Å². The molecule has 8 bridgehead atoms. The Labute approximate surface area is 259 Å². The number of hydrogen-bond acceptors (Lipinski definition) is 6. The number of H-pyrrole nitrogens is 2. The molecule has 2 aliphatic rings. The van der Waals surface area contributed by atoms with Gasteiger partial charge in [0.05, 0.1) is 22.8 Å². The number of carbonyl (C=O) groups is 2. The number of carboxylic acid groups (broad SMARTS) is 2. The standard InChI is InChI=1S/C34H34N4O4.FH.H2O2/c1-7-21-17(3)25-13-26-19(5)23(9-11-33(39)40)31(37-26)16-32-24(10-12-34(41)42)20(6)28(38-32)15-30-22(8-2)18(4)27(36-30)14-29(21)35-25;;1-2/h7-8,13-16,35-36H,1-2,9-12H2,3-6H3,(H,39,40)(H,41,42);1H;1-2H/p-1. The second-order valence-electron chi connectivity index (χ2n) is 10.7. The van der Waals surface area contributed by atoms with Gasteiger partial charge >= 0.3 is 11.9 Å². The van der Waals surface area contributed by atoms with Crippen molar-refractivity contribution >= 4 is 68.4 Å². The molecule has 10 nitrogen and oxygen atoms in total. The highest BCUT2D eigenvalue weighted by Gasteiger charge is 2.22. The topological polar surface area (TPSA) is 172 Å². The number of aryl methyl sites for hydroxylation is 2. The van der Waals surface area contributed by atoms with Crippen molar-refractivity contribution < 1.29 is 35.0 Å². The summed E-state index contributed by atoms with van der Waals surface area (Å²) in [5.41, 5.74) is 13.7. The minimum atomic E-state index is -0.889. The molecule has 6 N–H and O–H groups in total. The molecule has 0 atom stereocenters. The maximum absolute atomic E-state index is 11.5. The van der Waals surface area contributed by atoms with E-state index in [1.807, 2.05) is 58.0 Å². The summed E-state index contributed by atoms with van der Waals surface area (Å²) in [6.45, 7) is 16.1. The van der Waals surface area contributed by atoms with E-state index in [1.54, 1.807) is 0 Å². The van der Waals surface area contributed by atoms with Crippen LogP contribution in [0.25, 0.3) is 56.5 Å². The van der Waals surface area contributed by atoms with Gasteiger partial charge < -0.3 is 24.9 Å². The van der Waals surface area contributed by atoms with Crippen LogP contribution in [-0.2, 0) is 9.59 Å².